The Morgan fingerprint density at radius 3 is 2.45 bits per heavy atom. The van der Waals surface area contributed by atoms with Gasteiger partial charge in [0.25, 0.3) is 0 Å². The van der Waals surface area contributed by atoms with Gasteiger partial charge in [-0.05, 0) is 13.0 Å². The van der Waals surface area contributed by atoms with Crippen molar-refractivity contribution in [1.29, 1.82) is 0 Å². The number of hydrogen-bond acceptors (Lipinski definition) is 4. The summed E-state index contributed by atoms with van der Waals surface area (Å²) in [5.41, 5.74) is -0.351. The first-order valence-corrected chi connectivity index (χ1v) is 6.51. The van der Waals surface area contributed by atoms with E-state index in [4.69, 9.17) is 44.3 Å². The van der Waals surface area contributed by atoms with Crippen LogP contribution >= 0.6 is 34.8 Å². The van der Waals surface area contributed by atoms with E-state index in [9.17, 15) is 14.7 Å². The van der Waals surface area contributed by atoms with Gasteiger partial charge in [0.1, 0.15) is 22.7 Å². The Morgan fingerprint density at radius 2 is 1.95 bits per heavy atom. The predicted molar refractivity (Wildman–Crippen MR) is 74.4 cm³/mol. The molecule has 0 bridgehead atoms. The molecular formula is C12H7Cl3O5. The molecule has 0 spiro atoms. The summed E-state index contributed by atoms with van der Waals surface area (Å²) in [6.07, 6.45) is 0. The smallest absolute Gasteiger partial charge is 0.339 e. The molecule has 0 saturated carbocycles. The molecule has 2 N–H and O–H groups in total. The highest BCUT2D eigenvalue weighted by molar-refractivity contribution is 6.55. The molecule has 0 aliphatic rings. The number of furan rings is 1. The van der Waals surface area contributed by atoms with E-state index in [0.29, 0.717) is 0 Å². The molecule has 0 atom stereocenters. The number of Topliss-reactive ketones (excluding diaryl/α,β-unsaturated/α-hetero) is 1. The van der Waals surface area contributed by atoms with Crippen LogP contribution in [0.15, 0.2) is 10.5 Å². The number of hydrogen-bond donors (Lipinski definition) is 2. The van der Waals surface area contributed by atoms with Gasteiger partial charge in [-0.25, -0.2) is 4.79 Å². The number of fused-ring (bicyclic) bond motifs is 1. The minimum Gasteiger partial charge on any atom is -0.506 e. The molecule has 0 fully saturated rings. The van der Waals surface area contributed by atoms with Gasteiger partial charge in [-0.2, -0.15) is 0 Å². The molecule has 106 valence electrons. The third-order valence-electron chi connectivity index (χ3n) is 2.75. The molecule has 5 nitrogen and oxygen atoms in total. The third-order valence-corrected chi connectivity index (χ3v) is 3.51. The molecule has 0 unspecified atom stereocenters. The summed E-state index contributed by atoms with van der Waals surface area (Å²) < 4.78 is 5.25. The second-order valence-corrected chi connectivity index (χ2v) is 5.44. The molecule has 0 aliphatic carbocycles. The highest BCUT2D eigenvalue weighted by Gasteiger charge is 2.27. The van der Waals surface area contributed by atoms with Crippen LogP contribution < -0.4 is 0 Å². The third kappa shape index (κ3) is 2.22. The lowest BCUT2D eigenvalue weighted by Gasteiger charge is -2.07. The van der Waals surface area contributed by atoms with E-state index < -0.39 is 22.3 Å². The summed E-state index contributed by atoms with van der Waals surface area (Å²) in [7, 11) is 0. The molecule has 0 aliphatic heterocycles. The van der Waals surface area contributed by atoms with Crippen LogP contribution in [-0.4, -0.2) is 26.8 Å². The van der Waals surface area contributed by atoms with Crippen molar-refractivity contribution in [2.24, 2.45) is 0 Å². The summed E-state index contributed by atoms with van der Waals surface area (Å²) in [5, 5.41) is 18.8. The van der Waals surface area contributed by atoms with Crippen LogP contribution in [0.4, 0.5) is 0 Å². The summed E-state index contributed by atoms with van der Waals surface area (Å²) >= 11 is 16.9. The van der Waals surface area contributed by atoms with Gasteiger partial charge in [-0.15, -0.1) is 0 Å². The molecule has 1 heterocycles. The predicted octanol–water partition coefficient (Wildman–Crippen LogP) is 3.78. The number of ketones is 1. The van der Waals surface area contributed by atoms with Gasteiger partial charge in [-0.1, -0.05) is 34.8 Å². The van der Waals surface area contributed by atoms with Gasteiger partial charge in [0, 0.05) is 0 Å². The quantitative estimate of drug-likeness (QED) is 0.657. The second-order valence-electron chi connectivity index (χ2n) is 3.96. The van der Waals surface area contributed by atoms with Crippen LogP contribution in [0, 0.1) is 6.92 Å². The minimum atomic E-state index is -1.38. The standard InChI is InChI=1S/C12H7Cl3O5/c1-3-6(12(18)19)7-5(20-3)2-4(9(16)8(7)13)10(17)11(14)15/h2,11,16H,1H3,(H,18,19). The highest BCUT2D eigenvalue weighted by atomic mass is 35.5. The number of halogens is 3. The van der Waals surface area contributed by atoms with E-state index in [1.54, 1.807) is 0 Å². The first-order valence-electron chi connectivity index (χ1n) is 5.26. The molecule has 2 rings (SSSR count). The Balaban J connectivity index is 2.85. The van der Waals surface area contributed by atoms with Crippen molar-refractivity contribution in [3.05, 3.63) is 28.0 Å². The number of carbonyl (C=O) groups is 2. The largest absolute Gasteiger partial charge is 0.506 e. The zero-order valence-electron chi connectivity index (χ0n) is 9.91. The maximum absolute atomic E-state index is 11.7. The van der Waals surface area contributed by atoms with Crippen LogP contribution in [0.2, 0.25) is 5.02 Å². The van der Waals surface area contributed by atoms with E-state index in [1.807, 2.05) is 0 Å². The molecular weight excluding hydrogens is 330 g/mol. The average Bonchev–Trinajstić information content (AvgIpc) is 2.69. The molecule has 8 heteroatoms. The Hall–Kier alpha value is -1.43. The van der Waals surface area contributed by atoms with Crippen LogP contribution in [0.3, 0.4) is 0 Å². The van der Waals surface area contributed by atoms with E-state index in [0.717, 1.165) is 6.07 Å². The van der Waals surface area contributed by atoms with Gasteiger partial charge >= 0.3 is 5.97 Å². The van der Waals surface area contributed by atoms with E-state index in [-0.39, 0.29) is 32.9 Å². The van der Waals surface area contributed by atoms with E-state index in [2.05, 4.69) is 0 Å². The molecule has 0 amide bonds. The van der Waals surface area contributed by atoms with Crippen molar-refractivity contribution in [1.82, 2.24) is 0 Å². The summed E-state index contributed by atoms with van der Waals surface area (Å²) in [4.78, 5) is 21.5. The van der Waals surface area contributed by atoms with Gasteiger partial charge in [0.15, 0.2) is 10.6 Å². The number of rotatable bonds is 3. The van der Waals surface area contributed by atoms with Crippen molar-refractivity contribution in [3.8, 4) is 5.75 Å². The molecule has 0 radical (unpaired) electrons. The number of alkyl halides is 2. The normalized spacial score (nSPS) is 11.2. The van der Waals surface area contributed by atoms with Crippen molar-refractivity contribution in [3.63, 3.8) is 0 Å². The average molecular weight is 338 g/mol. The van der Waals surface area contributed by atoms with Gasteiger partial charge in [0.2, 0.25) is 0 Å². The number of carboxylic acid groups (broad SMARTS) is 1. The minimum absolute atomic E-state index is 0.0198. The number of phenolic OH excluding ortho intramolecular Hbond substituents is 1. The Labute approximate surface area is 127 Å². The Morgan fingerprint density at radius 1 is 1.35 bits per heavy atom. The number of carboxylic acids is 1. The first kappa shape index (κ1) is 15.0. The fourth-order valence-electron chi connectivity index (χ4n) is 1.88. The van der Waals surface area contributed by atoms with Crippen LogP contribution in [0.5, 0.6) is 5.75 Å². The van der Waals surface area contributed by atoms with Crippen LogP contribution in [0.1, 0.15) is 26.5 Å². The topological polar surface area (TPSA) is 87.7 Å². The molecule has 2 aromatic rings. The molecule has 0 saturated heterocycles. The van der Waals surface area contributed by atoms with Crippen LogP contribution in [-0.2, 0) is 0 Å². The lowest BCUT2D eigenvalue weighted by Crippen LogP contribution is -2.08. The van der Waals surface area contributed by atoms with Crippen molar-refractivity contribution >= 4 is 57.5 Å². The van der Waals surface area contributed by atoms with Crippen molar-refractivity contribution < 1.29 is 24.2 Å². The fourth-order valence-corrected chi connectivity index (χ4v) is 2.41. The van der Waals surface area contributed by atoms with Gasteiger partial charge in [0.05, 0.1) is 16.0 Å². The highest BCUT2D eigenvalue weighted by Crippen LogP contribution is 2.40. The number of aromatic hydroxyl groups is 1. The van der Waals surface area contributed by atoms with Crippen molar-refractivity contribution in [2.75, 3.05) is 0 Å². The number of aromatic carboxylic acids is 1. The van der Waals surface area contributed by atoms with Crippen LogP contribution in [0.25, 0.3) is 11.0 Å². The maximum atomic E-state index is 11.7. The first-order chi connectivity index (χ1) is 9.25. The summed E-state index contributed by atoms with van der Waals surface area (Å²) in [5.74, 6) is -2.50. The maximum Gasteiger partial charge on any atom is 0.339 e. The Bertz CT molecular complexity index is 733. The van der Waals surface area contributed by atoms with Crippen molar-refractivity contribution in [2.45, 2.75) is 11.8 Å². The monoisotopic (exact) mass is 336 g/mol. The van der Waals surface area contributed by atoms with E-state index in [1.165, 1.54) is 6.92 Å². The van der Waals surface area contributed by atoms with E-state index >= 15 is 0 Å². The number of phenols is 1. The fraction of sp³-hybridized carbons (Fsp3) is 0.167. The SMILES string of the molecule is Cc1oc2cc(C(=O)C(Cl)Cl)c(O)c(Cl)c2c1C(=O)O. The second kappa shape index (κ2) is 5.16. The van der Waals surface area contributed by atoms with Gasteiger partial charge in [-0.3, -0.25) is 4.79 Å². The lowest BCUT2D eigenvalue weighted by atomic mass is 10.1. The number of carbonyl (C=O) groups excluding carboxylic acids is 1. The zero-order valence-corrected chi connectivity index (χ0v) is 12.2. The number of benzene rings is 1. The Kier molecular flexibility index (Phi) is 3.86. The summed E-state index contributed by atoms with van der Waals surface area (Å²) in [6.45, 7) is 1.43. The lowest BCUT2D eigenvalue weighted by molar-refractivity contribution is 0.0696. The molecule has 20 heavy (non-hydrogen) atoms. The van der Waals surface area contributed by atoms with Gasteiger partial charge < -0.3 is 14.6 Å². The zero-order chi connectivity index (χ0) is 15.2. The molecule has 1 aromatic heterocycles. The number of aryl methyl sites for hydroxylation is 1. The molecule has 1 aromatic carbocycles. The summed E-state index contributed by atoms with van der Waals surface area (Å²) in [6, 6.07) is 1.16.